The molecule has 168 valence electrons. The van der Waals surface area contributed by atoms with E-state index >= 15 is 0 Å². The minimum Gasteiger partial charge on any atom is -0.493 e. The molecule has 0 radical (unpaired) electrons. The normalized spacial score (nSPS) is 16.0. The van der Waals surface area contributed by atoms with Crippen LogP contribution >= 0.6 is 0 Å². The Morgan fingerprint density at radius 2 is 1.90 bits per heavy atom. The summed E-state index contributed by atoms with van der Waals surface area (Å²) in [5, 5.41) is 6.78. The van der Waals surface area contributed by atoms with Gasteiger partial charge in [-0.3, -0.25) is 4.99 Å². The second-order valence-electron chi connectivity index (χ2n) is 7.67. The molecule has 2 aromatic rings. The van der Waals surface area contributed by atoms with Crippen LogP contribution in [-0.4, -0.2) is 53.1 Å². The molecule has 0 amide bonds. The Morgan fingerprint density at radius 1 is 1.13 bits per heavy atom. The van der Waals surface area contributed by atoms with Crippen LogP contribution < -0.4 is 15.4 Å². The second kappa shape index (κ2) is 11.7. The van der Waals surface area contributed by atoms with Crippen molar-refractivity contribution in [2.75, 3.05) is 52.4 Å². The van der Waals surface area contributed by atoms with Gasteiger partial charge < -0.3 is 24.8 Å². The number of aliphatic imine (C=N–C) groups is 1. The van der Waals surface area contributed by atoms with Gasteiger partial charge >= 0.3 is 0 Å². The molecule has 0 aliphatic carbocycles. The molecule has 2 aromatic carbocycles. The van der Waals surface area contributed by atoms with E-state index in [-0.39, 0.29) is 11.2 Å². The van der Waals surface area contributed by atoms with Crippen molar-refractivity contribution in [3.8, 4) is 5.75 Å². The Hall–Kier alpha value is -2.64. The number of halogens is 1. The Morgan fingerprint density at radius 3 is 2.61 bits per heavy atom. The molecule has 0 bridgehead atoms. The van der Waals surface area contributed by atoms with Gasteiger partial charge in [0.1, 0.15) is 11.6 Å². The van der Waals surface area contributed by atoms with Crippen LogP contribution in [0.1, 0.15) is 24.8 Å². The van der Waals surface area contributed by atoms with Crippen LogP contribution in [0.3, 0.4) is 0 Å². The predicted octanol–water partition coefficient (Wildman–Crippen LogP) is 3.98. The number of anilines is 1. The first-order valence-electron chi connectivity index (χ1n) is 10.7. The van der Waals surface area contributed by atoms with E-state index in [1.807, 2.05) is 36.4 Å². The van der Waals surface area contributed by atoms with E-state index in [9.17, 15) is 4.39 Å². The summed E-state index contributed by atoms with van der Waals surface area (Å²) in [6.45, 7) is 3.33. The third-order valence-corrected chi connectivity index (χ3v) is 5.58. The Labute approximate surface area is 183 Å². The molecule has 6 nitrogen and oxygen atoms in total. The second-order valence-corrected chi connectivity index (χ2v) is 7.67. The summed E-state index contributed by atoms with van der Waals surface area (Å²) in [6, 6.07) is 14.6. The highest BCUT2D eigenvalue weighted by Crippen LogP contribution is 2.34. The van der Waals surface area contributed by atoms with E-state index in [2.05, 4.69) is 15.6 Å². The number of hydrogen-bond donors (Lipinski definition) is 2. The molecule has 1 aliphatic rings. The lowest BCUT2D eigenvalue weighted by molar-refractivity contribution is 0.0514. The van der Waals surface area contributed by atoms with Crippen molar-refractivity contribution in [3.63, 3.8) is 0 Å². The maximum atomic E-state index is 13.5. The Balaban J connectivity index is 1.63. The summed E-state index contributed by atoms with van der Waals surface area (Å²) in [6.07, 6.45) is 2.58. The lowest BCUT2D eigenvalue weighted by Gasteiger charge is -2.38. The van der Waals surface area contributed by atoms with Crippen LogP contribution in [-0.2, 0) is 14.9 Å². The molecule has 31 heavy (non-hydrogen) atoms. The molecule has 1 fully saturated rings. The summed E-state index contributed by atoms with van der Waals surface area (Å²) < 4.78 is 29.9. The average Bonchev–Trinajstić information content (AvgIpc) is 2.81. The molecule has 7 heteroatoms. The molecule has 3 rings (SSSR count). The number of rotatable bonds is 9. The van der Waals surface area contributed by atoms with E-state index < -0.39 is 0 Å². The summed E-state index contributed by atoms with van der Waals surface area (Å²) >= 11 is 0. The third kappa shape index (κ3) is 6.67. The molecule has 0 atom stereocenters. The maximum Gasteiger partial charge on any atom is 0.195 e. The SMILES string of the molecule is CN=C(NCC1(c2ccc(F)cc2)CCOCC1)Nc1cccc(OCCCOC)c1. The van der Waals surface area contributed by atoms with Crippen molar-refractivity contribution < 1.29 is 18.6 Å². The number of nitrogens with zero attached hydrogens (tertiary/aromatic N) is 1. The van der Waals surface area contributed by atoms with Crippen molar-refractivity contribution in [1.82, 2.24) is 5.32 Å². The van der Waals surface area contributed by atoms with Gasteiger partial charge in [-0.25, -0.2) is 4.39 Å². The molecule has 0 saturated carbocycles. The van der Waals surface area contributed by atoms with Crippen LogP contribution in [0.4, 0.5) is 10.1 Å². The smallest absolute Gasteiger partial charge is 0.195 e. The van der Waals surface area contributed by atoms with Gasteiger partial charge in [0.25, 0.3) is 0 Å². The number of ether oxygens (including phenoxy) is 3. The summed E-state index contributed by atoms with van der Waals surface area (Å²) in [7, 11) is 3.43. The maximum absolute atomic E-state index is 13.5. The van der Waals surface area contributed by atoms with E-state index in [0.717, 1.165) is 36.3 Å². The van der Waals surface area contributed by atoms with Gasteiger partial charge in [-0.2, -0.15) is 0 Å². The highest BCUT2D eigenvalue weighted by Gasteiger charge is 2.34. The first kappa shape index (κ1) is 23.0. The van der Waals surface area contributed by atoms with Crippen molar-refractivity contribution in [2.24, 2.45) is 4.99 Å². The first-order valence-corrected chi connectivity index (χ1v) is 10.7. The van der Waals surface area contributed by atoms with Crippen molar-refractivity contribution in [2.45, 2.75) is 24.7 Å². The third-order valence-electron chi connectivity index (χ3n) is 5.58. The number of benzene rings is 2. The van der Waals surface area contributed by atoms with Gasteiger partial charge in [-0.15, -0.1) is 0 Å². The van der Waals surface area contributed by atoms with Crippen molar-refractivity contribution >= 4 is 11.6 Å². The van der Waals surface area contributed by atoms with Crippen LogP contribution in [0, 0.1) is 5.82 Å². The molecular formula is C24H32FN3O3. The predicted molar refractivity (Wildman–Crippen MR) is 122 cm³/mol. The summed E-state index contributed by atoms with van der Waals surface area (Å²) in [4.78, 5) is 4.37. The number of hydrogen-bond acceptors (Lipinski definition) is 4. The fourth-order valence-electron chi connectivity index (χ4n) is 3.76. The van der Waals surface area contributed by atoms with Crippen LogP contribution in [0.2, 0.25) is 0 Å². The monoisotopic (exact) mass is 429 g/mol. The fraction of sp³-hybridized carbons (Fsp3) is 0.458. The Bertz CT molecular complexity index is 836. The number of guanidine groups is 1. The van der Waals surface area contributed by atoms with Crippen molar-refractivity contribution in [3.05, 3.63) is 59.9 Å². The first-order chi connectivity index (χ1) is 15.1. The molecular weight excluding hydrogens is 397 g/mol. The Kier molecular flexibility index (Phi) is 8.67. The molecule has 0 unspecified atom stereocenters. The van der Waals surface area contributed by atoms with Gasteiger partial charge in [-0.1, -0.05) is 18.2 Å². The van der Waals surface area contributed by atoms with E-state index in [1.165, 1.54) is 12.1 Å². The van der Waals surface area contributed by atoms with Crippen LogP contribution in [0.25, 0.3) is 0 Å². The van der Waals surface area contributed by atoms with Crippen LogP contribution in [0.15, 0.2) is 53.5 Å². The zero-order valence-electron chi connectivity index (χ0n) is 18.3. The van der Waals surface area contributed by atoms with Gasteiger partial charge in [0.15, 0.2) is 5.96 Å². The molecule has 0 spiro atoms. The van der Waals surface area contributed by atoms with Gasteiger partial charge in [-0.05, 0) is 42.7 Å². The zero-order valence-corrected chi connectivity index (χ0v) is 18.3. The minimum atomic E-state index is -0.222. The largest absolute Gasteiger partial charge is 0.493 e. The highest BCUT2D eigenvalue weighted by atomic mass is 19.1. The zero-order chi connectivity index (χ0) is 21.9. The molecule has 0 aromatic heterocycles. The van der Waals surface area contributed by atoms with E-state index in [0.29, 0.717) is 38.9 Å². The quantitative estimate of drug-likeness (QED) is 0.359. The molecule has 1 aliphatic heterocycles. The highest BCUT2D eigenvalue weighted by molar-refractivity contribution is 5.93. The lowest BCUT2D eigenvalue weighted by Crippen LogP contribution is -2.46. The average molecular weight is 430 g/mol. The molecule has 1 saturated heterocycles. The van der Waals surface area contributed by atoms with Gasteiger partial charge in [0, 0.05) is 64.1 Å². The lowest BCUT2D eigenvalue weighted by atomic mass is 9.74. The van der Waals surface area contributed by atoms with Gasteiger partial charge in [0.2, 0.25) is 0 Å². The molecule has 2 N–H and O–H groups in total. The fourth-order valence-corrected chi connectivity index (χ4v) is 3.76. The molecule has 1 heterocycles. The number of methoxy groups -OCH3 is 1. The summed E-state index contributed by atoms with van der Waals surface area (Å²) in [5.41, 5.74) is 1.88. The minimum absolute atomic E-state index is 0.129. The number of nitrogens with one attached hydrogen (secondary N) is 2. The van der Waals surface area contributed by atoms with Gasteiger partial charge in [0.05, 0.1) is 6.61 Å². The van der Waals surface area contributed by atoms with E-state index in [4.69, 9.17) is 14.2 Å². The standard InChI is InChI=1S/C24H32FN3O3/c1-26-23(28-21-5-3-6-22(17-21)31-14-4-13-29-2)27-18-24(11-15-30-16-12-24)19-7-9-20(25)10-8-19/h3,5-10,17H,4,11-16,18H2,1-2H3,(H2,26,27,28). The summed E-state index contributed by atoms with van der Waals surface area (Å²) in [5.74, 6) is 1.24. The van der Waals surface area contributed by atoms with Crippen molar-refractivity contribution in [1.29, 1.82) is 0 Å². The van der Waals surface area contributed by atoms with Crippen LogP contribution in [0.5, 0.6) is 5.75 Å². The van der Waals surface area contributed by atoms with E-state index in [1.54, 1.807) is 14.2 Å². The topological polar surface area (TPSA) is 64.1 Å².